The Morgan fingerprint density at radius 1 is 1.07 bits per heavy atom. The second-order valence-electron chi connectivity index (χ2n) is 6.54. The van der Waals surface area contributed by atoms with Crippen molar-refractivity contribution in [2.45, 2.75) is 19.4 Å². The Labute approximate surface area is 174 Å². The van der Waals surface area contributed by atoms with Gasteiger partial charge in [0.2, 0.25) is 15.9 Å². The van der Waals surface area contributed by atoms with Crippen molar-refractivity contribution in [3.05, 3.63) is 76.2 Å². The zero-order valence-corrected chi connectivity index (χ0v) is 17.1. The van der Waals surface area contributed by atoms with Gasteiger partial charge in [-0.25, -0.2) is 22.6 Å². The first-order valence-corrected chi connectivity index (χ1v) is 11.0. The molecule has 3 rings (SSSR count). The predicted octanol–water partition coefficient (Wildman–Crippen LogP) is 0.983. The van der Waals surface area contributed by atoms with Crippen molar-refractivity contribution in [1.29, 1.82) is 0 Å². The maximum atomic E-state index is 12.1. The molecule has 0 aliphatic rings. The largest absolute Gasteiger partial charge is 0.356 e. The molecule has 0 aliphatic heterocycles. The van der Waals surface area contributed by atoms with Crippen molar-refractivity contribution in [3.63, 3.8) is 0 Å². The fourth-order valence-electron chi connectivity index (χ4n) is 2.75. The van der Waals surface area contributed by atoms with Gasteiger partial charge in [-0.15, -0.1) is 5.10 Å². The SMILES string of the molecule is O=C(CCNS(=O)(=O)C=Cc1ccccc1)NCCCn1nc2ccccn2c1=O. The number of benzene rings is 1. The summed E-state index contributed by atoms with van der Waals surface area (Å²) in [5.41, 5.74) is 1.11. The third kappa shape index (κ3) is 6.13. The van der Waals surface area contributed by atoms with E-state index in [2.05, 4.69) is 15.1 Å². The average Bonchev–Trinajstić information content (AvgIpc) is 3.06. The van der Waals surface area contributed by atoms with E-state index in [9.17, 15) is 18.0 Å². The molecule has 10 heteroatoms. The smallest absolute Gasteiger partial charge is 0.350 e. The molecule has 0 fully saturated rings. The Hall–Kier alpha value is -3.24. The van der Waals surface area contributed by atoms with Crippen molar-refractivity contribution in [1.82, 2.24) is 24.2 Å². The zero-order chi connectivity index (χ0) is 21.4. The molecule has 30 heavy (non-hydrogen) atoms. The molecule has 1 aromatic carbocycles. The topological polar surface area (TPSA) is 115 Å². The molecule has 158 valence electrons. The van der Waals surface area contributed by atoms with Crippen LogP contribution in [0.25, 0.3) is 11.7 Å². The number of pyridine rings is 1. The number of sulfonamides is 1. The Morgan fingerprint density at radius 2 is 1.83 bits per heavy atom. The Kier molecular flexibility index (Phi) is 7.15. The number of hydrogen-bond donors (Lipinski definition) is 2. The molecule has 9 nitrogen and oxygen atoms in total. The van der Waals surface area contributed by atoms with Gasteiger partial charge in [-0.2, -0.15) is 0 Å². The minimum Gasteiger partial charge on any atom is -0.356 e. The third-order valence-electron chi connectivity index (χ3n) is 4.25. The minimum atomic E-state index is -3.61. The van der Waals surface area contributed by atoms with Crippen LogP contribution in [0.1, 0.15) is 18.4 Å². The first-order valence-electron chi connectivity index (χ1n) is 9.48. The maximum Gasteiger partial charge on any atom is 0.350 e. The van der Waals surface area contributed by atoms with Crippen LogP contribution in [0, 0.1) is 0 Å². The highest BCUT2D eigenvalue weighted by Gasteiger charge is 2.08. The number of nitrogens with one attached hydrogen (secondary N) is 2. The average molecular weight is 430 g/mol. The van der Waals surface area contributed by atoms with Crippen molar-refractivity contribution in [2.24, 2.45) is 0 Å². The normalized spacial score (nSPS) is 11.9. The highest BCUT2D eigenvalue weighted by molar-refractivity contribution is 7.92. The molecule has 0 radical (unpaired) electrons. The van der Waals surface area contributed by atoms with Crippen LogP contribution in [0.2, 0.25) is 0 Å². The lowest BCUT2D eigenvalue weighted by Gasteiger charge is -2.06. The number of fused-ring (bicyclic) bond motifs is 1. The van der Waals surface area contributed by atoms with Gasteiger partial charge in [-0.05, 0) is 30.2 Å². The summed E-state index contributed by atoms with van der Waals surface area (Å²) in [5, 5.41) is 8.00. The fourth-order valence-corrected chi connectivity index (χ4v) is 3.57. The van der Waals surface area contributed by atoms with E-state index in [1.54, 1.807) is 36.5 Å². The predicted molar refractivity (Wildman–Crippen MR) is 114 cm³/mol. The summed E-state index contributed by atoms with van der Waals surface area (Å²) >= 11 is 0. The maximum absolute atomic E-state index is 12.1. The van der Waals surface area contributed by atoms with E-state index >= 15 is 0 Å². The molecule has 0 spiro atoms. The number of nitrogens with zero attached hydrogens (tertiary/aromatic N) is 3. The van der Waals surface area contributed by atoms with Crippen molar-refractivity contribution < 1.29 is 13.2 Å². The number of aryl methyl sites for hydroxylation is 1. The Morgan fingerprint density at radius 3 is 2.60 bits per heavy atom. The Balaban J connectivity index is 1.36. The number of carbonyl (C=O) groups excluding carboxylic acids is 1. The van der Waals surface area contributed by atoms with Gasteiger partial charge in [0.25, 0.3) is 0 Å². The summed E-state index contributed by atoms with van der Waals surface area (Å²) in [6.45, 7) is 0.733. The number of rotatable bonds is 10. The lowest BCUT2D eigenvalue weighted by atomic mass is 10.2. The highest BCUT2D eigenvalue weighted by atomic mass is 32.2. The van der Waals surface area contributed by atoms with Crippen molar-refractivity contribution >= 4 is 27.7 Å². The van der Waals surface area contributed by atoms with E-state index in [4.69, 9.17) is 0 Å². The number of aromatic nitrogens is 3. The lowest BCUT2D eigenvalue weighted by molar-refractivity contribution is -0.120. The summed E-state index contributed by atoms with van der Waals surface area (Å²) in [5.74, 6) is -0.271. The van der Waals surface area contributed by atoms with Crippen LogP contribution in [0.5, 0.6) is 0 Å². The van der Waals surface area contributed by atoms with Crippen LogP contribution < -0.4 is 15.7 Å². The van der Waals surface area contributed by atoms with Gasteiger partial charge >= 0.3 is 5.69 Å². The van der Waals surface area contributed by atoms with Crippen LogP contribution >= 0.6 is 0 Å². The van der Waals surface area contributed by atoms with E-state index in [0.29, 0.717) is 25.2 Å². The second kappa shape index (κ2) is 9.99. The quantitative estimate of drug-likeness (QED) is 0.466. The van der Waals surface area contributed by atoms with Gasteiger partial charge in [-0.3, -0.25) is 9.20 Å². The summed E-state index contributed by atoms with van der Waals surface area (Å²) in [6, 6.07) is 14.4. The number of hydrogen-bond acceptors (Lipinski definition) is 5. The fraction of sp³-hybridized carbons (Fsp3) is 0.250. The summed E-state index contributed by atoms with van der Waals surface area (Å²) in [7, 11) is -3.61. The van der Waals surface area contributed by atoms with Crippen molar-refractivity contribution in [3.8, 4) is 0 Å². The summed E-state index contributed by atoms with van der Waals surface area (Å²) in [4.78, 5) is 24.0. The molecule has 3 aromatic rings. The highest BCUT2D eigenvalue weighted by Crippen LogP contribution is 2.02. The molecule has 0 bridgehead atoms. The van der Waals surface area contributed by atoms with E-state index in [1.165, 1.54) is 15.2 Å². The molecule has 1 amide bonds. The zero-order valence-electron chi connectivity index (χ0n) is 16.3. The van der Waals surface area contributed by atoms with E-state index < -0.39 is 10.0 Å². The minimum absolute atomic E-state index is 0.000804. The summed E-state index contributed by atoms with van der Waals surface area (Å²) in [6.07, 6.45) is 3.69. The molecule has 2 N–H and O–H groups in total. The molecular formula is C20H23N5O4S. The molecule has 0 atom stereocenters. The van der Waals surface area contributed by atoms with Crippen LogP contribution in [0.15, 0.2) is 64.9 Å². The van der Waals surface area contributed by atoms with Crippen molar-refractivity contribution in [2.75, 3.05) is 13.1 Å². The second-order valence-corrected chi connectivity index (χ2v) is 8.19. The monoisotopic (exact) mass is 429 g/mol. The molecule has 0 saturated carbocycles. The number of carbonyl (C=O) groups is 1. The van der Waals surface area contributed by atoms with Crippen LogP contribution in [0.3, 0.4) is 0 Å². The molecule has 0 saturated heterocycles. The van der Waals surface area contributed by atoms with E-state index in [1.807, 2.05) is 18.2 Å². The van der Waals surface area contributed by atoms with E-state index in [-0.39, 0.29) is 24.6 Å². The van der Waals surface area contributed by atoms with Crippen LogP contribution in [-0.4, -0.2) is 41.6 Å². The van der Waals surface area contributed by atoms with Gasteiger partial charge in [-0.1, -0.05) is 36.4 Å². The van der Waals surface area contributed by atoms with Gasteiger partial charge in [0.1, 0.15) is 0 Å². The van der Waals surface area contributed by atoms with Gasteiger partial charge in [0.05, 0.1) is 0 Å². The molecule has 0 unspecified atom stereocenters. The molecule has 2 aromatic heterocycles. The molecule has 2 heterocycles. The van der Waals surface area contributed by atoms with Crippen LogP contribution in [-0.2, 0) is 21.4 Å². The van der Waals surface area contributed by atoms with Gasteiger partial charge < -0.3 is 5.32 Å². The summed E-state index contributed by atoms with van der Waals surface area (Å²) < 4.78 is 29.1. The molecule has 0 aliphatic carbocycles. The first kappa shape index (κ1) is 21.5. The first-order chi connectivity index (χ1) is 14.4. The Bertz CT molecular complexity index is 1180. The number of amides is 1. The standard InChI is InChI=1S/C20H23N5O4S/c26-19(10-13-22-30(28,29)16-11-17-7-2-1-3-8-17)21-12-6-15-25-20(27)24-14-5-4-9-18(24)23-25/h1-5,7-9,11,14,16,22H,6,10,12-13,15H2,(H,21,26). The van der Waals surface area contributed by atoms with Gasteiger partial charge in [0, 0.05) is 37.7 Å². The van der Waals surface area contributed by atoms with Crippen LogP contribution in [0.4, 0.5) is 0 Å². The molecular weight excluding hydrogens is 406 g/mol. The lowest BCUT2D eigenvalue weighted by Crippen LogP contribution is -2.31. The van der Waals surface area contributed by atoms with E-state index in [0.717, 1.165) is 11.0 Å². The van der Waals surface area contributed by atoms with Gasteiger partial charge in [0.15, 0.2) is 5.65 Å². The third-order valence-corrected chi connectivity index (χ3v) is 5.35.